The molecule has 6 nitrogen and oxygen atoms in total. The molecule has 0 spiro atoms. The monoisotopic (exact) mass is 379 g/mol. The molecule has 0 aromatic carbocycles. The second-order valence-corrected chi connectivity index (χ2v) is 7.37. The molecule has 2 rings (SSSR count). The quantitative estimate of drug-likeness (QED) is 0.398. The van der Waals surface area contributed by atoms with Gasteiger partial charge in [-0.05, 0) is 56.0 Å². The summed E-state index contributed by atoms with van der Waals surface area (Å²) in [5.41, 5.74) is 1.28. The van der Waals surface area contributed by atoms with E-state index < -0.39 is 0 Å². The summed E-state index contributed by atoms with van der Waals surface area (Å²) in [6.07, 6.45) is 9.09. The lowest BCUT2D eigenvalue weighted by Gasteiger charge is -2.22. The molecular formula is C19H29N3O3S. The fourth-order valence-corrected chi connectivity index (χ4v) is 3.37. The molecular weight excluding hydrogens is 350 g/mol. The molecule has 0 aliphatic carbocycles. The minimum absolute atomic E-state index is 0.0266. The Morgan fingerprint density at radius 3 is 3.08 bits per heavy atom. The van der Waals surface area contributed by atoms with E-state index in [1.54, 1.807) is 6.20 Å². The summed E-state index contributed by atoms with van der Waals surface area (Å²) >= 11 is 1.42. The topological polar surface area (TPSA) is 83.5 Å². The highest BCUT2D eigenvalue weighted by Crippen LogP contribution is 2.19. The average Bonchev–Trinajstić information content (AvgIpc) is 2.66. The average molecular weight is 380 g/mol. The molecule has 2 heterocycles. The molecule has 1 aromatic rings. The highest BCUT2D eigenvalue weighted by atomic mass is 32.2. The largest absolute Gasteiger partial charge is 0.473 e. The van der Waals surface area contributed by atoms with E-state index in [2.05, 4.69) is 21.7 Å². The molecule has 0 unspecified atom stereocenters. The number of aromatic nitrogens is 1. The lowest BCUT2D eigenvalue weighted by molar-refractivity contribution is -0.118. The highest BCUT2D eigenvalue weighted by Gasteiger charge is 2.13. The van der Waals surface area contributed by atoms with Gasteiger partial charge in [-0.1, -0.05) is 6.08 Å². The molecule has 0 radical (unpaired) electrons. The number of hydrogen-bond acceptors (Lipinski definition) is 6. The molecule has 7 heteroatoms. The smallest absolute Gasteiger partial charge is 0.230 e. The predicted molar refractivity (Wildman–Crippen MR) is 106 cm³/mol. The van der Waals surface area contributed by atoms with E-state index in [9.17, 15) is 4.79 Å². The summed E-state index contributed by atoms with van der Waals surface area (Å²) in [5, 5.41) is 14.8. The maximum atomic E-state index is 11.5. The number of pyridine rings is 1. The van der Waals surface area contributed by atoms with Crippen LogP contribution in [0.25, 0.3) is 0 Å². The van der Waals surface area contributed by atoms with Gasteiger partial charge in [-0.25, -0.2) is 4.98 Å². The first-order valence-corrected chi connectivity index (χ1v) is 10.3. The van der Waals surface area contributed by atoms with Crippen LogP contribution in [0.3, 0.4) is 0 Å². The standard InChI is InChI=1S/C19H29N3O3S/c23-10-12-26-15-18(24)21-6-1-2-11-25-19-14-17(5-9-22-19)13-16-3-7-20-8-4-16/h1-2,5,9,14,16,20,23H,3-4,6-8,10-13,15H2,(H,21,24)/b2-1-. The number of thioether (sulfide) groups is 1. The van der Waals surface area contributed by atoms with E-state index in [0.29, 0.717) is 30.5 Å². The molecule has 1 aliphatic heterocycles. The molecule has 3 N–H and O–H groups in total. The Balaban J connectivity index is 1.62. The van der Waals surface area contributed by atoms with E-state index >= 15 is 0 Å². The maximum absolute atomic E-state index is 11.5. The fraction of sp³-hybridized carbons (Fsp3) is 0.579. The molecule has 26 heavy (non-hydrogen) atoms. The zero-order valence-corrected chi connectivity index (χ0v) is 16.0. The number of carbonyl (C=O) groups excluding carboxylic acids is 1. The SMILES string of the molecule is O=C(CSCCO)NC/C=C\COc1cc(CC2CCNCC2)ccn1. The predicted octanol–water partition coefficient (Wildman–Crippen LogP) is 1.40. The van der Waals surface area contributed by atoms with Gasteiger partial charge in [-0.3, -0.25) is 4.79 Å². The van der Waals surface area contributed by atoms with Crippen LogP contribution in [-0.2, 0) is 11.2 Å². The van der Waals surface area contributed by atoms with E-state index in [1.807, 2.05) is 18.2 Å². The zero-order valence-electron chi connectivity index (χ0n) is 15.2. The third-order valence-corrected chi connectivity index (χ3v) is 5.10. The first-order valence-electron chi connectivity index (χ1n) is 9.16. The van der Waals surface area contributed by atoms with Crippen molar-refractivity contribution >= 4 is 17.7 Å². The van der Waals surface area contributed by atoms with Crippen LogP contribution < -0.4 is 15.4 Å². The number of piperidine rings is 1. The van der Waals surface area contributed by atoms with Gasteiger partial charge in [0.25, 0.3) is 0 Å². The summed E-state index contributed by atoms with van der Waals surface area (Å²) in [4.78, 5) is 15.7. The number of aliphatic hydroxyl groups is 1. The number of amides is 1. The summed E-state index contributed by atoms with van der Waals surface area (Å²) in [6.45, 7) is 3.23. The number of nitrogens with one attached hydrogen (secondary N) is 2. The number of nitrogens with zero attached hydrogens (tertiary/aromatic N) is 1. The third kappa shape index (κ3) is 8.69. The van der Waals surface area contributed by atoms with Gasteiger partial charge in [0.05, 0.1) is 12.4 Å². The van der Waals surface area contributed by atoms with Crippen molar-refractivity contribution in [1.29, 1.82) is 0 Å². The third-order valence-electron chi connectivity index (χ3n) is 4.16. The van der Waals surface area contributed by atoms with Crippen LogP contribution in [-0.4, -0.2) is 60.4 Å². The number of ether oxygens (including phenoxy) is 1. The van der Waals surface area contributed by atoms with Crippen molar-refractivity contribution in [1.82, 2.24) is 15.6 Å². The van der Waals surface area contributed by atoms with Crippen LogP contribution in [0.2, 0.25) is 0 Å². The lowest BCUT2D eigenvalue weighted by atomic mass is 9.91. The molecule has 144 valence electrons. The highest BCUT2D eigenvalue weighted by molar-refractivity contribution is 7.99. The summed E-state index contributed by atoms with van der Waals surface area (Å²) in [6, 6.07) is 4.09. The Hall–Kier alpha value is -1.57. The summed E-state index contributed by atoms with van der Waals surface area (Å²) < 4.78 is 5.67. The molecule has 0 bridgehead atoms. The van der Waals surface area contributed by atoms with Crippen molar-refractivity contribution in [2.75, 3.05) is 44.4 Å². The van der Waals surface area contributed by atoms with E-state index in [0.717, 1.165) is 25.4 Å². The second-order valence-electron chi connectivity index (χ2n) is 6.26. The van der Waals surface area contributed by atoms with Gasteiger partial charge in [0.1, 0.15) is 6.61 Å². The van der Waals surface area contributed by atoms with Gasteiger partial charge in [-0.2, -0.15) is 0 Å². The Morgan fingerprint density at radius 1 is 1.42 bits per heavy atom. The van der Waals surface area contributed by atoms with E-state index in [1.165, 1.54) is 30.2 Å². The first-order chi connectivity index (χ1) is 12.8. The van der Waals surface area contributed by atoms with Crippen molar-refractivity contribution in [2.45, 2.75) is 19.3 Å². The van der Waals surface area contributed by atoms with Crippen LogP contribution in [0.4, 0.5) is 0 Å². The van der Waals surface area contributed by atoms with Gasteiger partial charge in [-0.15, -0.1) is 11.8 Å². The molecule has 0 saturated carbocycles. The first kappa shape index (κ1) is 20.7. The van der Waals surface area contributed by atoms with Gasteiger partial charge in [0, 0.05) is 24.6 Å². The van der Waals surface area contributed by atoms with E-state index in [4.69, 9.17) is 9.84 Å². The van der Waals surface area contributed by atoms with Crippen molar-refractivity contribution in [3.8, 4) is 5.88 Å². The molecule has 1 fully saturated rings. The van der Waals surface area contributed by atoms with Crippen LogP contribution in [0, 0.1) is 5.92 Å². The minimum atomic E-state index is -0.0266. The van der Waals surface area contributed by atoms with Crippen molar-refractivity contribution < 1.29 is 14.6 Å². The Labute approximate surface area is 159 Å². The Bertz CT molecular complexity index is 563. The van der Waals surface area contributed by atoms with Crippen molar-refractivity contribution in [2.24, 2.45) is 5.92 Å². The van der Waals surface area contributed by atoms with Gasteiger partial charge in [0.2, 0.25) is 11.8 Å². The van der Waals surface area contributed by atoms with Gasteiger partial charge >= 0.3 is 0 Å². The number of hydrogen-bond donors (Lipinski definition) is 3. The van der Waals surface area contributed by atoms with Crippen molar-refractivity contribution in [3.63, 3.8) is 0 Å². The Kier molecular flexibility index (Phi) is 10.2. The maximum Gasteiger partial charge on any atom is 0.230 e. The number of carbonyl (C=O) groups is 1. The molecule has 1 aromatic heterocycles. The number of rotatable bonds is 11. The van der Waals surface area contributed by atoms with E-state index in [-0.39, 0.29) is 12.5 Å². The second kappa shape index (κ2) is 12.7. The summed E-state index contributed by atoms with van der Waals surface area (Å²) in [5.74, 6) is 2.32. The molecule has 0 atom stereocenters. The normalized spacial score (nSPS) is 15.3. The van der Waals surface area contributed by atoms with Crippen LogP contribution in [0.15, 0.2) is 30.5 Å². The Morgan fingerprint density at radius 2 is 2.27 bits per heavy atom. The zero-order chi connectivity index (χ0) is 18.5. The van der Waals surface area contributed by atoms with Gasteiger partial charge < -0.3 is 20.5 Å². The molecule has 1 aliphatic rings. The fourth-order valence-electron chi connectivity index (χ4n) is 2.81. The number of aliphatic hydroxyl groups excluding tert-OH is 1. The van der Waals surface area contributed by atoms with Crippen molar-refractivity contribution in [3.05, 3.63) is 36.0 Å². The van der Waals surface area contributed by atoms with Gasteiger partial charge in [0.15, 0.2) is 0 Å². The molecule has 1 saturated heterocycles. The molecule has 1 amide bonds. The van der Waals surface area contributed by atoms with Crippen LogP contribution in [0.1, 0.15) is 18.4 Å². The minimum Gasteiger partial charge on any atom is -0.473 e. The van der Waals surface area contributed by atoms with Crippen LogP contribution in [0.5, 0.6) is 5.88 Å². The lowest BCUT2D eigenvalue weighted by Crippen LogP contribution is -2.28. The summed E-state index contributed by atoms with van der Waals surface area (Å²) in [7, 11) is 0. The van der Waals surface area contributed by atoms with Crippen LogP contribution >= 0.6 is 11.8 Å².